The number of nitrogens with zero attached hydrogens (tertiary/aromatic N) is 1. The van der Waals surface area contributed by atoms with E-state index in [4.69, 9.17) is 4.74 Å². The fraction of sp³-hybridized carbons (Fsp3) is 0.917. The zero-order valence-electron chi connectivity index (χ0n) is 11.5. The molecule has 15 heavy (non-hydrogen) atoms. The maximum Gasteiger partial charge on any atom is 0.410 e. The monoisotopic (exact) mass is 217 g/mol. The van der Waals surface area contributed by atoms with Crippen LogP contribution >= 0.6 is 0 Å². The van der Waals surface area contributed by atoms with Crippen LogP contribution < -0.4 is 0 Å². The molecule has 0 heterocycles. The lowest BCUT2D eigenvalue weighted by molar-refractivity contribution is 0.0280. The average molecular weight is 217 g/mol. The minimum absolute atomic E-state index is 0.249. The molecule has 0 spiro atoms. The van der Waals surface area contributed by atoms with E-state index in [9.17, 15) is 4.79 Å². The van der Waals surface area contributed by atoms with E-state index in [2.05, 4.69) is 13.8 Å². The summed E-state index contributed by atoms with van der Waals surface area (Å²) in [6.45, 7) is 14.5. The van der Waals surface area contributed by atoms with Gasteiger partial charge in [0.15, 0.2) is 0 Å². The van der Waals surface area contributed by atoms with Crippen LogP contribution in [-0.4, -0.2) is 30.2 Å². The molecule has 0 unspecified atom stereocenters. The standard InChI is InChI=1S/C10H21NO2.C2H6/c1-8(2)7-11(6)9(12)13-10(3,4)5;1-2/h8H,7H2,1-6H3;1-2H3. The van der Waals surface area contributed by atoms with Gasteiger partial charge in [-0.25, -0.2) is 4.79 Å². The summed E-state index contributed by atoms with van der Waals surface area (Å²) in [5, 5.41) is 0. The first-order valence-corrected chi connectivity index (χ1v) is 5.66. The van der Waals surface area contributed by atoms with Crippen LogP contribution in [0.4, 0.5) is 4.79 Å². The van der Waals surface area contributed by atoms with Gasteiger partial charge in [0, 0.05) is 13.6 Å². The molecule has 0 N–H and O–H groups in total. The Morgan fingerprint density at radius 1 is 1.27 bits per heavy atom. The summed E-state index contributed by atoms with van der Waals surface area (Å²) in [5.41, 5.74) is -0.400. The molecule has 0 aromatic rings. The Hall–Kier alpha value is -0.730. The molecular formula is C12H27NO2. The lowest BCUT2D eigenvalue weighted by Crippen LogP contribution is -2.36. The van der Waals surface area contributed by atoms with Gasteiger partial charge in [-0.1, -0.05) is 27.7 Å². The van der Waals surface area contributed by atoms with E-state index in [0.717, 1.165) is 6.54 Å². The lowest BCUT2D eigenvalue weighted by Gasteiger charge is -2.25. The molecule has 0 radical (unpaired) electrons. The van der Waals surface area contributed by atoms with Crippen LogP contribution in [0.5, 0.6) is 0 Å². The minimum Gasteiger partial charge on any atom is -0.444 e. The van der Waals surface area contributed by atoms with Crippen LogP contribution in [0.1, 0.15) is 48.5 Å². The normalized spacial score (nSPS) is 10.5. The van der Waals surface area contributed by atoms with E-state index in [-0.39, 0.29) is 6.09 Å². The van der Waals surface area contributed by atoms with Gasteiger partial charge in [-0.2, -0.15) is 0 Å². The van der Waals surface area contributed by atoms with E-state index < -0.39 is 5.60 Å². The van der Waals surface area contributed by atoms with E-state index in [1.807, 2.05) is 34.6 Å². The summed E-state index contributed by atoms with van der Waals surface area (Å²) in [7, 11) is 1.76. The molecule has 0 aromatic heterocycles. The molecule has 0 bridgehead atoms. The van der Waals surface area contributed by atoms with Gasteiger partial charge in [0.1, 0.15) is 5.60 Å². The molecular weight excluding hydrogens is 190 g/mol. The lowest BCUT2D eigenvalue weighted by atomic mass is 10.2. The summed E-state index contributed by atoms with van der Waals surface area (Å²) in [6, 6.07) is 0. The Balaban J connectivity index is 0. The van der Waals surface area contributed by atoms with Gasteiger partial charge in [0.2, 0.25) is 0 Å². The third-order valence-corrected chi connectivity index (χ3v) is 1.34. The highest BCUT2D eigenvalue weighted by Crippen LogP contribution is 2.09. The van der Waals surface area contributed by atoms with Crippen molar-refractivity contribution in [3.05, 3.63) is 0 Å². The number of carbonyl (C=O) groups excluding carboxylic acids is 1. The maximum atomic E-state index is 11.4. The Morgan fingerprint density at radius 2 is 1.67 bits per heavy atom. The third-order valence-electron chi connectivity index (χ3n) is 1.34. The summed E-state index contributed by atoms with van der Waals surface area (Å²) < 4.78 is 5.19. The van der Waals surface area contributed by atoms with Gasteiger partial charge in [-0.05, 0) is 26.7 Å². The average Bonchev–Trinajstić information content (AvgIpc) is 2.03. The van der Waals surface area contributed by atoms with Crippen molar-refractivity contribution < 1.29 is 9.53 Å². The first-order valence-electron chi connectivity index (χ1n) is 5.66. The van der Waals surface area contributed by atoms with Gasteiger partial charge in [-0.3, -0.25) is 0 Å². The summed E-state index contributed by atoms with van der Waals surface area (Å²) >= 11 is 0. The SMILES string of the molecule is CC.CC(C)CN(C)C(=O)OC(C)(C)C. The number of rotatable bonds is 2. The summed E-state index contributed by atoms with van der Waals surface area (Å²) in [6.07, 6.45) is -0.249. The van der Waals surface area contributed by atoms with Crippen molar-refractivity contribution >= 4 is 6.09 Å². The predicted octanol–water partition coefficient (Wildman–Crippen LogP) is 3.54. The van der Waals surface area contributed by atoms with E-state index in [1.54, 1.807) is 11.9 Å². The van der Waals surface area contributed by atoms with Crippen molar-refractivity contribution in [3.8, 4) is 0 Å². The van der Waals surface area contributed by atoms with Crippen LogP contribution in [0.3, 0.4) is 0 Å². The molecule has 3 heteroatoms. The number of ether oxygens (including phenoxy) is 1. The predicted molar refractivity (Wildman–Crippen MR) is 65.1 cm³/mol. The molecule has 0 aliphatic heterocycles. The van der Waals surface area contributed by atoms with Crippen molar-refractivity contribution in [2.24, 2.45) is 5.92 Å². The number of hydrogen-bond acceptors (Lipinski definition) is 2. The zero-order valence-corrected chi connectivity index (χ0v) is 11.5. The number of amides is 1. The largest absolute Gasteiger partial charge is 0.444 e. The van der Waals surface area contributed by atoms with Gasteiger partial charge >= 0.3 is 6.09 Å². The highest BCUT2D eigenvalue weighted by Gasteiger charge is 2.19. The van der Waals surface area contributed by atoms with Crippen molar-refractivity contribution in [1.82, 2.24) is 4.90 Å². The molecule has 3 nitrogen and oxygen atoms in total. The molecule has 0 saturated heterocycles. The second kappa shape index (κ2) is 7.55. The molecule has 0 fully saturated rings. The number of hydrogen-bond donors (Lipinski definition) is 0. The second-order valence-corrected chi connectivity index (χ2v) is 4.75. The topological polar surface area (TPSA) is 29.5 Å². The molecule has 92 valence electrons. The smallest absolute Gasteiger partial charge is 0.410 e. The van der Waals surface area contributed by atoms with Crippen LogP contribution in [0.25, 0.3) is 0 Å². The van der Waals surface area contributed by atoms with Crippen molar-refractivity contribution in [2.75, 3.05) is 13.6 Å². The Labute approximate surface area is 94.8 Å². The summed E-state index contributed by atoms with van der Waals surface area (Å²) in [4.78, 5) is 13.0. The van der Waals surface area contributed by atoms with E-state index in [0.29, 0.717) is 5.92 Å². The quantitative estimate of drug-likeness (QED) is 0.708. The molecule has 0 saturated carbocycles. The summed E-state index contributed by atoms with van der Waals surface area (Å²) in [5.74, 6) is 0.470. The highest BCUT2D eigenvalue weighted by molar-refractivity contribution is 5.67. The highest BCUT2D eigenvalue weighted by atomic mass is 16.6. The molecule has 0 aliphatic rings. The van der Waals surface area contributed by atoms with Crippen LogP contribution in [-0.2, 0) is 4.74 Å². The van der Waals surface area contributed by atoms with E-state index >= 15 is 0 Å². The second-order valence-electron chi connectivity index (χ2n) is 4.75. The van der Waals surface area contributed by atoms with Gasteiger partial charge in [0.25, 0.3) is 0 Å². The van der Waals surface area contributed by atoms with Crippen LogP contribution in [0.15, 0.2) is 0 Å². The van der Waals surface area contributed by atoms with Gasteiger partial charge in [-0.15, -0.1) is 0 Å². The van der Waals surface area contributed by atoms with Gasteiger partial charge < -0.3 is 9.64 Å². The first-order chi connectivity index (χ1) is 6.72. The van der Waals surface area contributed by atoms with Crippen LogP contribution in [0, 0.1) is 5.92 Å². The molecule has 0 atom stereocenters. The fourth-order valence-electron chi connectivity index (χ4n) is 0.962. The van der Waals surface area contributed by atoms with Crippen molar-refractivity contribution in [2.45, 2.75) is 54.1 Å². The maximum absolute atomic E-state index is 11.4. The van der Waals surface area contributed by atoms with E-state index in [1.165, 1.54) is 0 Å². The fourth-order valence-corrected chi connectivity index (χ4v) is 0.962. The van der Waals surface area contributed by atoms with Crippen LogP contribution in [0.2, 0.25) is 0 Å². The third kappa shape index (κ3) is 11.2. The molecule has 0 aliphatic carbocycles. The zero-order chi connectivity index (χ0) is 12.6. The van der Waals surface area contributed by atoms with Gasteiger partial charge in [0.05, 0.1) is 0 Å². The first kappa shape index (κ1) is 16.7. The Kier molecular flexibility index (Phi) is 8.40. The molecule has 0 rings (SSSR count). The Morgan fingerprint density at radius 3 is 1.93 bits per heavy atom. The molecule has 0 aromatic carbocycles. The number of carbonyl (C=O) groups is 1. The molecule has 1 amide bonds. The van der Waals surface area contributed by atoms with Crippen molar-refractivity contribution in [1.29, 1.82) is 0 Å². The minimum atomic E-state index is -0.400. The van der Waals surface area contributed by atoms with Crippen molar-refractivity contribution in [3.63, 3.8) is 0 Å². The Bertz CT molecular complexity index is 171.